The van der Waals surface area contributed by atoms with Crippen LogP contribution >= 0.6 is 0 Å². The van der Waals surface area contributed by atoms with Gasteiger partial charge in [-0.2, -0.15) is 10.4 Å². The monoisotopic (exact) mass is 306 g/mol. The fraction of sp³-hybridized carbons (Fsp3) is 0.176. The molecule has 0 radical (unpaired) electrons. The van der Waals surface area contributed by atoms with Gasteiger partial charge in [-0.3, -0.25) is 14.8 Å². The predicted molar refractivity (Wildman–Crippen MR) is 86.1 cm³/mol. The van der Waals surface area contributed by atoms with Gasteiger partial charge < -0.3 is 0 Å². The number of benzene rings is 2. The molecule has 3 rings (SSSR count). The molecule has 0 spiro atoms. The molecule has 0 N–H and O–H groups in total. The van der Waals surface area contributed by atoms with Crippen LogP contribution < -0.4 is 0 Å². The largest absolute Gasteiger partial charge is 0.271 e. The van der Waals surface area contributed by atoms with E-state index >= 15 is 0 Å². The van der Waals surface area contributed by atoms with Gasteiger partial charge in [0.2, 0.25) is 0 Å². The van der Waals surface area contributed by atoms with Crippen molar-refractivity contribution in [1.29, 1.82) is 5.26 Å². The number of hydrogen-bond donors (Lipinski definition) is 0. The molecule has 0 amide bonds. The Morgan fingerprint density at radius 3 is 2.78 bits per heavy atom. The van der Waals surface area contributed by atoms with Gasteiger partial charge in [0.15, 0.2) is 0 Å². The minimum Gasteiger partial charge on any atom is -0.260 e. The highest BCUT2D eigenvalue weighted by Crippen LogP contribution is 2.25. The summed E-state index contributed by atoms with van der Waals surface area (Å²) in [4.78, 5) is 10.6. The zero-order valence-electron chi connectivity index (χ0n) is 12.8. The molecule has 1 aromatic heterocycles. The highest BCUT2D eigenvalue weighted by Gasteiger charge is 2.15. The number of aryl methyl sites for hydroxylation is 2. The van der Waals surface area contributed by atoms with Crippen LogP contribution in [0.5, 0.6) is 0 Å². The molecule has 6 heteroatoms. The van der Waals surface area contributed by atoms with E-state index in [9.17, 15) is 15.4 Å². The molecule has 6 nitrogen and oxygen atoms in total. The van der Waals surface area contributed by atoms with E-state index < -0.39 is 4.92 Å². The van der Waals surface area contributed by atoms with Crippen molar-refractivity contribution in [3.63, 3.8) is 0 Å². The summed E-state index contributed by atoms with van der Waals surface area (Å²) < 4.78 is 1.72. The van der Waals surface area contributed by atoms with Gasteiger partial charge in [0.25, 0.3) is 5.69 Å². The maximum Gasteiger partial charge on any atom is 0.271 e. The lowest BCUT2D eigenvalue weighted by atomic mass is 10.0. The average Bonchev–Trinajstić information content (AvgIpc) is 2.85. The van der Waals surface area contributed by atoms with Gasteiger partial charge in [0, 0.05) is 17.5 Å². The molecule has 0 fully saturated rings. The number of fused-ring (bicyclic) bond motifs is 1. The van der Waals surface area contributed by atoms with E-state index in [1.807, 2.05) is 26.0 Å². The molecule has 3 aromatic rings. The van der Waals surface area contributed by atoms with Gasteiger partial charge in [0.05, 0.1) is 34.3 Å². The third kappa shape index (κ3) is 2.53. The van der Waals surface area contributed by atoms with E-state index in [-0.39, 0.29) is 5.69 Å². The van der Waals surface area contributed by atoms with Crippen LogP contribution in [0.3, 0.4) is 0 Å². The van der Waals surface area contributed by atoms with E-state index in [0.717, 1.165) is 22.2 Å². The summed E-state index contributed by atoms with van der Waals surface area (Å²) in [7, 11) is 0. The van der Waals surface area contributed by atoms with E-state index in [1.165, 1.54) is 12.1 Å². The number of rotatable bonds is 3. The summed E-state index contributed by atoms with van der Waals surface area (Å²) in [5, 5.41) is 25.7. The Hall–Kier alpha value is -3.20. The number of nitro benzene ring substituents is 1. The SMILES string of the molecule is Cc1cccc(C#N)c1Cn1nc(C)c2ccc([N+](=O)[O-])cc21. The van der Waals surface area contributed by atoms with E-state index in [2.05, 4.69) is 11.2 Å². The number of nitriles is 1. The first-order chi connectivity index (χ1) is 11.0. The van der Waals surface area contributed by atoms with Crippen molar-refractivity contribution >= 4 is 16.6 Å². The smallest absolute Gasteiger partial charge is 0.260 e. The minimum absolute atomic E-state index is 0.0314. The summed E-state index contributed by atoms with van der Waals surface area (Å²) in [6.45, 7) is 4.21. The van der Waals surface area contributed by atoms with Crippen LogP contribution in [-0.4, -0.2) is 14.7 Å². The van der Waals surface area contributed by atoms with Crippen LogP contribution in [0.25, 0.3) is 10.9 Å². The van der Waals surface area contributed by atoms with Crippen molar-refractivity contribution in [2.24, 2.45) is 0 Å². The number of nitro groups is 1. The highest BCUT2D eigenvalue weighted by molar-refractivity contribution is 5.84. The molecule has 0 unspecified atom stereocenters. The third-order valence-corrected chi connectivity index (χ3v) is 3.97. The molecular weight excluding hydrogens is 292 g/mol. The van der Waals surface area contributed by atoms with Gasteiger partial charge in [-0.1, -0.05) is 12.1 Å². The lowest BCUT2D eigenvalue weighted by Gasteiger charge is -2.09. The van der Waals surface area contributed by atoms with Crippen molar-refractivity contribution in [1.82, 2.24) is 9.78 Å². The lowest BCUT2D eigenvalue weighted by Crippen LogP contribution is -2.06. The van der Waals surface area contributed by atoms with Crippen LogP contribution in [0.1, 0.15) is 22.4 Å². The van der Waals surface area contributed by atoms with Crippen molar-refractivity contribution in [3.05, 3.63) is 68.9 Å². The summed E-state index contributed by atoms with van der Waals surface area (Å²) in [6.07, 6.45) is 0. The Balaban J connectivity index is 2.16. The number of hydrogen-bond acceptors (Lipinski definition) is 4. The van der Waals surface area contributed by atoms with Crippen LogP contribution in [0.15, 0.2) is 36.4 Å². The molecule has 0 aliphatic heterocycles. The van der Waals surface area contributed by atoms with Crippen molar-refractivity contribution in [2.75, 3.05) is 0 Å². The zero-order chi connectivity index (χ0) is 16.6. The van der Waals surface area contributed by atoms with Crippen LogP contribution in [0.4, 0.5) is 5.69 Å². The van der Waals surface area contributed by atoms with Crippen molar-refractivity contribution in [2.45, 2.75) is 20.4 Å². The Morgan fingerprint density at radius 1 is 1.30 bits per heavy atom. The summed E-state index contributed by atoms with van der Waals surface area (Å²) in [5.74, 6) is 0. The molecule has 23 heavy (non-hydrogen) atoms. The second kappa shape index (κ2) is 5.54. The van der Waals surface area contributed by atoms with Gasteiger partial charge in [-0.15, -0.1) is 0 Å². The first kappa shape index (κ1) is 14.7. The summed E-state index contributed by atoms with van der Waals surface area (Å²) >= 11 is 0. The summed E-state index contributed by atoms with van der Waals surface area (Å²) in [6, 6.07) is 12.5. The van der Waals surface area contributed by atoms with E-state index in [0.29, 0.717) is 17.6 Å². The Kier molecular flexibility index (Phi) is 3.54. The van der Waals surface area contributed by atoms with Crippen LogP contribution in [-0.2, 0) is 6.54 Å². The Labute approximate surface area is 132 Å². The standard InChI is InChI=1S/C17H14N4O2/c1-11-4-3-5-13(9-18)16(11)10-20-17-8-14(21(22)23)6-7-15(17)12(2)19-20/h3-8H,10H2,1-2H3. The van der Waals surface area contributed by atoms with Crippen molar-refractivity contribution < 1.29 is 4.92 Å². The van der Waals surface area contributed by atoms with Gasteiger partial charge in [-0.05, 0) is 37.1 Å². The number of non-ortho nitro benzene ring substituents is 1. The molecule has 0 saturated carbocycles. The molecule has 0 saturated heterocycles. The van der Waals surface area contributed by atoms with Crippen LogP contribution in [0.2, 0.25) is 0 Å². The molecule has 2 aromatic carbocycles. The Morgan fingerprint density at radius 2 is 2.09 bits per heavy atom. The normalized spacial score (nSPS) is 10.7. The molecule has 0 aliphatic rings. The lowest BCUT2D eigenvalue weighted by molar-refractivity contribution is -0.384. The second-order valence-corrected chi connectivity index (χ2v) is 5.41. The average molecular weight is 306 g/mol. The number of nitrogens with zero attached hydrogens (tertiary/aromatic N) is 4. The maximum absolute atomic E-state index is 11.0. The minimum atomic E-state index is -0.416. The molecule has 0 bridgehead atoms. The third-order valence-electron chi connectivity index (χ3n) is 3.97. The van der Waals surface area contributed by atoms with Gasteiger partial charge in [-0.25, -0.2) is 0 Å². The topological polar surface area (TPSA) is 84.8 Å². The zero-order valence-corrected chi connectivity index (χ0v) is 12.8. The maximum atomic E-state index is 11.0. The van der Waals surface area contributed by atoms with E-state index in [1.54, 1.807) is 16.8 Å². The van der Waals surface area contributed by atoms with Crippen molar-refractivity contribution in [3.8, 4) is 6.07 Å². The quantitative estimate of drug-likeness (QED) is 0.547. The second-order valence-electron chi connectivity index (χ2n) is 5.41. The fourth-order valence-corrected chi connectivity index (χ4v) is 2.73. The molecular formula is C17H14N4O2. The Bertz CT molecular complexity index is 967. The first-order valence-corrected chi connectivity index (χ1v) is 7.11. The first-order valence-electron chi connectivity index (χ1n) is 7.11. The van der Waals surface area contributed by atoms with Gasteiger partial charge in [0.1, 0.15) is 0 Å². The van der Waals surface area contributed by atoms with Crippen LogP contribution in [0, 0.1) is 35.3 Å². The molecule has 1 heterocycles. The predicted octanol–water partition coefficient (Wildman–Crippen LogP) is 3.48. The highest BCUT2D eigenvalue weighted by atomic mass is 16.6. The van der Waals surface area contributed by atoms with E-state index in [4.69, 9.17) is 0 Å². The van der Waals surface area contributed by atoms with Gasteiger partial charge >= 0.3 is 0 Å². The molecule has 114 valence electrons. The summed E-state index contributed by atoms with van der Waals surface area (Å²) in [5.41, 5.74) is 4.01. The molecule has 0 atom stereocenters. The fourth-order valence-electron chi connectivity index (χ4n) is 2.73. The molecule has 0 aliphatic carbocycles. The number of aromatic nitrogens is 2.